The predicted molar refractivity (Wildman–Crippen MR) is 59.7 cm³/mol. The van der Waals surface area contributed by atoms with Gasteiger partial charge in [0.25, 0.3) is 0 Å². The molecule has 0 heterocycles. The highest BCUT2D eigenvalue weighted by atomic mass is 32.2. The molecule has 96 valence electrons. The van der Waals surface area contributed by atoms with E-state index in [4.69, 9.17) is 9.84 Å². The number of hydrogen-bond donors (Lipinski definition) is 2. The van der Waals surface area contributed by atoms with Gasteiger partial charge in [-0.1, -0.05) is 13.8 Å². The van der Waals surface area contributed by atoms with Crippen molar-refractivity contribution in [3.63, 3.8) is 0 Å². The number of rotatable bonds is 8. The average Bonchev–Trinajstić information content (AvgIpc) is 2.09. The van der Waals surface area contributed by atoms with Crippen molar-refractivity contribution in [3.05, 3.63) is 0 Å². The largest absolute Gasteiger partial charge is 0.480 e. The van der Waals surface area contributed by atoms with Gasteiger partial charge in [-0.15, -0.1) is 0 Å². The molecule has 0 aliphatic rings. The maximum Gasteiger partial charge on any atom is 0.320 e. The highest BCUT2D eigenvalue weighted by molar-refractivity contribution is 7.90. The van der Waals surface area contributed by atoms with Gasteiger partial charge >= 0.3 is 5.97 Å². The Labute approximate surface area is 96.0 Å². The minimum atomic E-state index is -3.79. The molecule has 0 aliphatic heterocycles. The van der Waals surface area contributed by atoms with E-state index < -0.39 is 27.8 Å². The number of carbonyl (C=O) groups is 1. The Morgan fingerprint density at radius 3 is 2.38 bits per heavy atom. The van der Waals surface area contributed by atoms with Crippen molar-refractivity contribution in [2.45, 2.75) is 26.8 Å². The lowest BCUT2D eigenvalue weighted by Crippen LogP contribution is -2.43. The Morgan fingerprint density at radius 1 is 1.44 bits per heavy atom. The average molecular weight is 253 g/mol. The first-order valence-electron chi connectivity index (χ1n) is 5.08. The lowest BCUT2D eigenvalue weighted by Gasteiger charge is -2.21. The smallest absolute Gasteiger partial charge is 0.320 e. The summed E-state index contributed by atoms with van der Waals surface area (Å²) < 4.78 is 30.2. The van der Waals surface area contributed by atoms with Gasteiger partial charge in [-0.05, 0) is 12.8 Å². The van der Waals surface area contributed by atoms with E-state index in [0.29, 0.717) is 6.61 Å². The first kappa shape index (κ1) is 15.3. The van der Waals surface area contributed by atoms with E-state index in [1.165, 1.54) is 0 Å². The SMILES string of the molecule is CCOCC(NS(=O)(=O)CC(=O)O)C(C)C. The number of aliphatic carboxylic acids is 1. The number of sulfonamides is 1. The molecule has 1 unspecified atom stereocenters. The first-order chi connectivity index (χ1) is 7.28. The molecule has 0 fully saturated rings. The summed E-state index contributed by atoms with van der Waals surface area (Å²) >= 11 is 0. The molecule has 1 atom stereocenters. The summed E-state index contributed by atoms with van der Waals surface area (Å²) in [6, 6.07) is -0.399. The first-order valence-corrected chi connectivity index (χ1v) is 6.73. The molecular formula is C9H19NO5S. The summed E-state index contributed by atoms with van der Waals surface area (Å²) in [5.41, 5.74) is 0. The minimum absolute atomic E-state index is 0.0371. The van der Waals surface area contributed by atoms with Crippen LogP contribution in [0.3, 0.4) is 0 Å². The van der Waals surface area contributed by atoms with Gasteiger partial charge in [0.2, 0.25) is 10.0 Å². The van der Waals surface area contributed by atoms with Crippen molar-refractivity contribution in [2.75, 3.05) is 19.0 Å². The molecule has 0 aromatic heterocycles. The van der Waals surface area contributed by atoms with Crippen LogP contribution in [0.1, 0.15) is 20.8 Å². The molecule has 0 spiro atoms. The summed E-state index contributed by atoms with van der Waals surface area (Å²) in [6.07, 6.45) is 0. The normalized spacial score (nSPS) is 14.0. The van der Waals surface area contributed by atoms with Gasteiger partial charge in [-0.3, -0.25) is 4.79 Å². The summed E-state index contributed by atoms with van der Waals surface area (Å²) in [7, 11) is -3.79. The van der Waals surface area contributed by atoms with Gasteiger partial charge in [-0.25, -0.2) is 13.1 Å². The van der Waals surface area contributed by atoms with Crippen LogP contribution in [0.5, 0.6) is 0 Å². The molecule has 0 bridgehead atoms. The van der Waals surface area contributed by atoms with Crippen molar-refractivity contribution in [1.29, 1.82) is 0 Å². The minimum Gasteiger partial charge on any atom is -0.480 e. The fourth-order valence-electron chi connectivity index (χ4n) is 1.04. The van der Waals surface area contributed by atoms with Crippen LogP contribution in [0.15, 0.2) is 0 Å². The van der Waals surface area contributed by atoms with E-state index >= 15 is 0 Å². The fraction of sp³-hybridized carbons (Fsp3) is 0.889. The van der Waals surface area contributed by atoms with E-state index in [1.54, 1.807) is 0 Å². The molecule has 16 heavy (non-hydrogen) atoms. The number of carboxylic acid groups (broad SMARTS) is 1. The van der Waals surface area contributed by atoms with E-state index in [2.05, 4.69) is 4.72 Å². The summed E-state index contributed by atoms with van der Waals surface area (Å²) in [4.78, 5) is 10.3. The third-order valence-electron chi connectivity index (χ3n) is 1.95. The Kier molecular flexibility index (Phi) is 6.54. The molecule has 7 heteroatoms. The quantitative estimate of drug-likeness (QED) is 0.637. The van der Waals surface area contributed by atoms with Crippen molar-refractivity contribution in [2.24, 2.45) is 5.92 Å². The molecule has 0 aromatic carbocycles. The molecule has 2 N–H and O–H groups in total. The number of hydrogen-bond acceptors (Lipinski definition) is 4. The van der Waals surface area contributed by atoms with Gasteiger partial charge < -0.3 is 9.84 Å². The van der Waals surface area contributed by atoms with Gasteiger partial charge in [-0.2, -0.15) is 0 Å². The fourth-order valence-corrected chi connectivity index (χ4v) is 2.25. The summed E-state index contributed by atoms with van der Waals surface area (Å²) in [5, 5.41) is 8.43. The van der Waals surface area contributed by atoms with E-state index in [1.807, 2.05) is 20.8 Å². The molecule has 0 saturated carbocycles. The van der Waals surface area contributed by atoms with Crippen LogP contribution in [-0.4, -0.2) is 44.5 Å². The molecule has 0 aliphatic carbocycles. The Balaban J connectivity index is 4.43. The molecule has 0 rings (SSSR count). The van der Waals surface area contributed by atoms with E-state index in [0.717, 1.165) is 0 Å². The van der Waals surface area contributed by atoms with Crippen molar-refractivity contribution in [1.82, 2.24) is 4.72 Å². The molecular weight excluding hydrogens is 234 g/mol. The summed E-state index contributed by atoms with van der Waals surface area (Å²) in [6.45, 7) is 6.22. The topological polar surface area (TPSA) is 92.7 Å². The van der Waals surface area contributed by atoms with Crippen LogP contribution in [-0.2, 0) is 19.6 Å². The van der Waals surface area contributed by atoms with Crippen LogP contribution in [0.4, 0.5) is 0 Å². The number of nitrogens with one attached hydrogen (secondary N) is 1. The summed E-state index contributed by atoms with van der Waals surface area (Å²) in [5.74, 6) is -2.25. The second-order valence-corrected chi connectivity index (χ2v) is 5.53. The number of carboxylic acids is 1. The van der Waals surface area contributed by atoms with E-state index in [9.17, 15) is 13.2 Å². The highest BCUT2D eigenvalue weighted by Gasteiger charge is 2.23. The zero-order valence-corrected chi connectivity index (χ0v) is 10.6. The molecule has 0 aromatic rings. The standard InChI is InChI=1S/C9H19NO5S/c1-4-15-5-8(7(2)3)10-16(13,14)6-9(11)12/h7-8,10H,4-6H2,1-3H3,(H,11,12). The van der Waals surface area contributed by atoms with Gasteiger partial charge in [0, 0.05) is 12.6 Å². The molecule has 6 nitrogen and oxygen atoms in total. The van der Waals surface area contributed by atoms with Crippen LogP contribution in [0, 0.1) is 5.92 Å². The lowest BCUT2D eigenvalue weighted by atomic mass is 10.1. The van der Waals surface area contributed by atoms with Gasteiger partial charge in [0.05, 0.1) is 6.61 Å². The molecule has 0 radical (unpaired) electrons. The Morgan fingerprint density at radius 2 is 2.00 bits per heavy atom. The second kappa shape index (κ2) is 6.82. The van der Waals surface area contributed by atoms with Crippen molar-refractivity contribution in [3.8, 4) is 0 Å². The van der Waals surface area contributed by atoms with Crippen molar-refractivity contribution < 1.29 is 23.1 Å². The maximum atomic E-state index is 11.4. The lowest BCUT2D eigenvalue weighted by molar-refractivity contribution is -0.134. The second-order valence-electron chi connectivity index (χ2n) is 3.78. The van der Waals surface area contributed by atoms with Crippen LogP contribution in [0.2, 0.25) is 0 Å². The Bertz CT molecular complexity index is 312. The van der Waals surface area contributed by atoms with Crippen LogP contribution < -0.4 is 4.72 Å². The van der Waals surface area contributed by atoms with Gasteiger partial charge in [0.1, 0.15) is 0 Å². The predicted octanol–water partition coefficient (Wildman–Crippen LogP) is 0.0515. The monoisotopic (exact) mass is 253 g/mol. The maximum absolute atomic E-state index is 11.4. The third kappa shape index (κ3) is 6.76. The van der Waals surface area contributed by atoms with Crippen molar-refractivity contribution >= 4 is 16.0 Å². The van der Waals surface area contributed by atoms with E-state index in [-0.39, 0.29) is 12.5 Å². The molecule has 0 amide bonds. The number of ether oxygens (including phenoxy) is 1. The van der Waals surface area contributed by atoms with Crippen LogP contribution >= 0.6 is 0 Å². The Hall–Kier alpha value is -0.660. The zero-order valence-electron chi connectivity index (χ0n) is 9.76. The molecule has 0 saturated heterocycles. The highest BCUT2D eigenvalue weighted by Crippen LogP contribution is 2.04. The van der Waals surface area contributed by atoms with Gasteiger partial charge in [0.15, 0.2) is 5.75 Å². The zero-order chi connectivity index (χ0) is 12.8. The van der Waals surface area contributed by atoms with Crippen LogP contribution in [0.25, 0.3) is 0 Å². The third-order valence-corrected chi connectivity index (χ3v) is 3.24.